The molecule has 0 bridgehead atoms. The number of carbonyl (C=O) groups is 2. The molecule has 3 aromatic rings. The number of aliphatic hydroxyl groups excluding tert-OH is 2. The molecule has 0 saturated carbocycles. The third-order valence-corrected chi connectivity index (χ3v) is 7.14. The zero-order chi connectivity index (χ0) is 29.0. The van der Waals surface area contributed by atoms with Crippen LogP contribution in [0.3, 0.4) is 0 Å². The number of benzene rings is 1. The second kappa shape index (κ2) is 9.51. The summed E-state index contributed by atoms with van der Waals surface area (Å²) in [5, 5.41) is 31.3. The molecule has 1 aliphatic heterocycles. The molecule has 5 rings (SSSR count). The molecule has 0 radical (unpaired) electrons. The lowest BCUT2D eigenvalue weighted by Crippen LogP contribution is -2.44. The fourth-order valence-electron chi connectivity index (χ4n) is 4.27. The first kappa shape index (κ1) is 27.4. The lowest BCUT2D eigenvalue weighted by molar-refractivity contribution is -0.116. The van der Waals surface area contributed by atoms with Gasteiger partial charge < -0.3 is 25.8 Å². The zero-order valence-corrected chi connectivity index (χ0v) is 20.6. The van der Waals surface area contributed by atoms with Crippen molar-refractivity contribution in [3.8, 4) is 11.8 Å². The highest BCUT2D eigenvalue weighted by Gasteiger charge is 2.65. The summed E-state index contributed by atoms with van der Waals surface area (Å²) in [7, 11) is -4.95. The summed E-state index contributed by atoms with van der Waals surface area (Å²) in [5.74, 6) is -4.64. The Balaban J connectivity index is 1.25. The topological polar surface area (TPSA) is 229 Å². The number of fused-ring (bicyclic) bond motifs is 2. The minimum Gasteiger partial charge on any atom is -0.387 e. The second-order valence-corrected chi connectivity index (χ2v) is 10.1. The van der Waals surface area contributed by atoms with Crippen molar-refractivity contribution in [2.45, 2.75) is 36.1 Å². The number of anilines is 1. The van der Waals surface area contributed by atoms with Crippen LogP contribution in [0.5, 0.6) is 0 Å². The van der Waals surface area contributed by atoms with Crippen LogP contribution in [0.1, 0.15) is 22.1 Å². The maximum atomic E-state index is 14.5. The van der Waals surface area contributed by atoms with Gasteiger partial charge in [0, 0.05) is 11.1 Å². The number of nitrogens with zero attached hydrogens (tertiary/aromatic N) is 4. The minimum absolute atomic E-state index is 0.0428. The van der Waals surface area contributed by atoms with Crippen LogP contribution >= 0.6 is 0 Å². The van der Waals surface area contributed by atoms with E-state index >= 15 is 0 Å². The maximum absolute atomic E-state index is 14.5. The summed E-state index contributed by atoms with van der Waals surface area (Å²) in [4.78, 5) is 35.9. The molecule has 40 heavy (non-hydrogen) atoms. The van der Waals surface area contributed by atoms with Gasteiger partial charge in [-0.1, -0.05) is 24.3 Å². The highest BCUT2D eigenvalue weighted by molar-refractivity contribution is 7.85. The Kier molecular flexibility index (Phi) is 6.53. The van der Waals surface area contributed by atoms with Crippen LogP contribution in [-0.4, -0.2) is 85.8 Å². The van der Waals surface area contributed by atoms with Gasteiger partial charge in [-0.15, -0.1) is 0 Å². The van der Waals surface area contributed by atoms with Crippen molar-refractivity contribution in [1.82, 2.24) is 24.2 Å². The number of hydrogen-bond donors (Lipinski definition) is 5. The van der Waals surface area contributed by atoms with E-state index in [1.807, 2.05) is 0 Å². The van der Waals surface area contributed by atoms with Crippen molar-refractivity contribution in [2.24, 2.45) is 0 Å². The number of ether oxygens (including phenoxy) is 1. The molecule has 5 atom stereocenters. The van der Waals surface area contributed by atoms with E-state index in [9.17, 15) is 42.1 Å². The number of ketones is 1. The average molecular weight is 580 g/mol. The normalized spacial score (nSPS) is 27.3. The van der Waals surface area contributed by atoms with Gasteiger partial charge in [-0.2, -0.15) is 17.2 Å². The Morgan fingerprint density at radius 3 is 2.70 bits per heavy atom. The highest BCUT2D eigenvalue weighted by atomic mass is 32.2. The number of imidazole rings is 1. The summed E-state index contributed by atoms with van der Waals surface area (Å²) in [6, 6.07) is 4.61. The molecule has 2 aliphatic rings. The third kappa shape index (κ3) is 4.34. The van der Waals surface area contributed by atoms with Crippen LogP contribution in [0.15, 0.2) is 36.9 Å². The van der Waals surface area contributed by atoms with E-state index in [-0.39, 0.29) is 17.0 Å². The first-order chi connectivity index (χ1) is 18.8. The monoisotopic (exact) mass is 580 g/mol. The van der Waals surface area contributed by atoms with Gasteiger partial charge in [0.1, 0.15) is 30.2 Å². The number of aromatic nitrogens is 4. The van der Waals surface area contributed by atoms with Crippen molar-refractivity contribution in [3.05, 3.63) is 48.0 Å². The smallest absolute Gasteiger partial charge is 0.363 e. The van der Waals surface area contributed by atoms with E-state index in [0.717, 1.165) is 18.5 Å². The Labute approximate surface area is 222 Å². The number of nitrogens with two attached hydrogens (primary N) is 1. The minimum atomic E-state index is -4.95. The van der Waals surface area contributed by atoms with Crippen molar-refractivity contribution in [1.29, 1.82) is 0 Å². The Bertz CT molecular complexity index is 1710. The fraction of sp³-hybridized carbons (Fsp3) is 0.318. The van der Waals surface area contributed by atoms with Gasteiger partial charge in [0.2, 0.25) is 11.4 Å². The molecule has 3 heterocycles. The summed E-state index contributed by atoms with van der Waals surface area (Å²) < 4.78 is 66.2. The second-order valence-electron chi connectivity index (χ2n) is 8.71. The largest absolute Gasteiger partial charge is 0.387 e. The molecular formula is C22H18F2N6O9S. The summed E-state index contributed by atoms with van der Waals surface area (Å²) in [5.41, 5.74) is 1.62. The summed E-state index contributed by atoms with van der Waals surface area (Å²) in [6.07, 6.45) is -3.63. The first-order valence-electron chi connectivity index (χ1n) is 11.2. The van der Waals surface area contributed by atoms with Gasteiger partial charge in [-0.05, 0) is 11.8 Å². The number of nitrogen functional groups attached to an aromatic ring is 1. The molecule has 1 aliphatic carbocycles. The molecule has 0 spiro atoms. The lowest BCUT2D eigenvalue weighted by Gasteiger charge is -2.23. The van der Waals surface area contributed by atoms with E-state index in [1.165, 1.54) is 33.7 Å². The number of aliphatic hydroxyl groups is 3. The Hall–Kier alpha value is -4.12. The van der Waals surface area contributed by atoms with E-state index < -0.39 is 75.8 Å². The molecule has 1 unspecified atom stereocenters. The molecule has 1 fully saturated rings. The van der Waals surface area contributed by atoms with E-state index in [0.29, 0.717) is 0 Å². The van der Waals surface area contributed by atoms with Crippen LogP contribution in [0, 0.1) is 11.8 Å². The maximum Gasteiger partial charge on any atom is 0.363 e. The molecule has 1 aromatic carbocycles. The quantitative estimate of drug-likeness (QED) is 0.209. The first-order valence-corrected chi connectivity index (χ1v) is 12.6. The van der Waals surface area contributed by atoms with Crippen molar-refractivity contribution >= 4 is 39.0 Å². The van der Waals surface area contributed by atoms with Gasteiger partial charge in [0.15, 0.2) is 17.7 Å². The van der Waals surface area contributed by atoms with Crippen molar-refractivity contribution < 1.29 is 51.0 Å². The number of carbonyl (C=O) groups excluding carboxylic acids is 2. The molecule has 1 amide bonds. The number of rotatable bonds is 5. The van der Waals surface area contributed by atoms with Gasteiger partial charge >= 0.3 is 22.1 Å². The molecule has 15 nitrogen and oxygen atoms in total. The molecule has 1 saturated heterocycles. The zero-order valence-electron chi connectivity index (χ0n) is 19.8. The number of amides is 1. The van der Waals surface area contributed by atoms with Gasteiger partial charge in [-0.25, -0.2) is 19.7 Å². The molecule has 210 valence electrons. The fourth-order valence-corrected chi connectivity index (χ4v) is 4.92. The predicted molar refractivity (Wildman–Crippen MR) is 126 cm³/mol. The summed E-state index contributed by atoms with van der Waals surface area (Å²) in [6.45, 7) is -0.904. The average Bonchev–Trinajstić information content (AvgIpc) is 3.50. The number of hydrogen-bond acceptors (Lipinski definition) is 13. The SMILES string of the molecule is Nc1ncnc2c1ncn2[C@@H]1O[C@H](COS(=O)(=O)NC(=O)C#CC2(O)c3ccccc3C(=O)C2(F)F)[C@@H](O)[C@H]1O. The molecule has 2 aromatic heterocycles. The van der Waals surface area contributed by atoms with Crippen LogP contribution < -0.4 is 10.5 Å². The highest BCUT2D eigenvalue weighted by Crippen LogP contribution is 2.47. The standard InChI is InChI=1S/C22H18F2N6O9S/c23-22(24)17(34)10-3-1-2-4-11(10)21(22,35)6-5-13(31)29-40(36,37)38-7-12-15(32)16(33)20(39-12)30-9-28-14-18(25)26-8-27-19(14)30/h1-4,8-9,12,15-16,20,32-33,35H,7H2,(H,29,31)(H2,25,26,27)/t12-,15-,16-,20-,21?/m1/s1. The van der Waals surface area contributed by atoms with Crippen molar-refractivity contribution in [3.63, 3.8) is 0 Å². The number of Topliss-reactive ketones (excluding diaryl/α,β-unsaturated/α-hetero) is 1. The van der Waals surface area contributed by atoms with Crippen LogP contribution in [0.4, 0.5) is 14.6 Å². The Morgan fingerprint density at radius 2 is 1.95 bits per heavy atom. The Morgan fingerprint density at radius 1 is 1.23 bits per heavy atom. The van der Waals surface area contributed by atoms with Crippen LogP contribution in [0.2, 0.25) is 0 Å². The van der Waals surface area contributed by atoms with Crippen LogP contribution in [0.25, 0.3) is 11.2 Å². The molecule has 18 heteroatoms. The summed E-state index contributed by atoms with van der Waals surface area (Å²) >= 11 is 0. The number of halogens is 2. The number of nitrogens with one attached hydrogen (secondary N) is 1. The molecular weight excluding hydrogens is 562 g/mol. The van der Waals surface area contributed by atoms with Crippen molar-refractivity contribution in [2.75, 3.05) is 12.3 Å². The van der Waals surface area contributed by atoms with Gasteiger partial charge in [0.25, 0.3) is 0 Å². The number of alkyl halides is 2. The lowest BCUT2D eigenvalue weighted by atomic mass is 9.94. The predicted octanol–water partition coefficient (Wildman–Crippen LogP) is -1.87. The van der Waals surface area contributed by atoms with Crippen LogP contribution in [-0.2, 0) is 29.6 Å². The van der Waals surface area contributed by atoms with E-state index in [1.54, 1.807) is 5.92 Å². The van der Waals surface area contributed by atoms with Gasteiger partial charge in [0.05, 0.1) is 12.9 Å². The van der Waals surface area contributed by atoms with E-state index in [2.05, 4.69) is 19.1 Å². The molecule has 6 N–H and O–H groups in total. The van der Waals surface area contributed by atoms with E-state index in [4.69, 9.17) is 10.5 Å². The third-order valence-electron chi connectivity index (χ3n) is 6.26. The van der Waals surface area contributed by atoms with Gasteiger partial charge in [-0.3, -0.25) is 18.3 Å².